The quantitative estimate of drug-likeness (QED) is 0.482. The largest absolute Gasteiger partial charge is 0.508 e. The summed E-state index contributed by atoms with van der Waals surface area (Å²) in [7, 11) is 0. The molecule has 0 saturated heterocycles. The van der Waals surface area contributed by atoms with Gasteiger partial charge in [0.25, 0.3) is 0 Å². The van der Waals surface area contributed by atoms with Gasteiger partial charge in [-0.25, -0.2) is 4.79 Å². The number of phenolic OH excluding ortho intramolecular Hbond substituents is 1. The maximum atomic E-state index is 11.7. The Morgan fingerprint density at radius 3 is 2.28 bits per heavy atom. The molecule has 0 amide bonds. The summed E-state index contributed by atoms with van der Waals surface area (Å²) in [5.41, 5.74) is 0.884. The van der Waals surface area contributed by atoms with E-state index in [1.165, 1.54) is 12.8 Å². The second-order valence-corrected chi connectivity index (χ2v) is 8.04. The second-order valence-electron chi connectivity index (χ2n) is 8.04. The van der Waals surface area contributed by atoms with Crippen molar-refractivity contribution in [3.63, 3.8) is 0 Å². The van der Waals surface area contributed by atoms with Crippen LogP contribution in [0.2, 0.25) is 0 Å². The van der Waals surface area contributed by atoms with Gasteiger partial charge in [0.15, 0.2) is 0 Å². The van der Waals surface area contributed by atoms with E-state index in [0.29, 0.717) is 17.4 Å². The molecule has 0 heterocycles. The van der Waals surface area contributed by atoms with Gasteiger partial charge in [0.2, 0.25) is 0 Å². The number of aromatic carboxylic acids is 1. The molecule has 1 aromatic rings. The minimum Gasteiger partial charge on any atom is -0.508 e. The van der Waals surface area contributed by atoms with Crippen molar-refractivity contribution in [3.8, 4) is 5.75 Å². The predicted octanol–water partition coefficient (Wildman–Crippen LogP) is 6.46. The third kappa shape index (κ3) is 6.72. The van der Waals surface area contributed by atoms with Gasteiger partial charge < -0.3 is 10.2 Å². The summed E-state index contributed by atoms with van der Waals surface area (Å²) in [6, 6.07) is 4.86. The Kier molecular flexibility index (Phi) is 9.02. The summed E-state index contributed by atoms with van der Waals surface area (Å²) in [5.74, 6) is 0.922. The molecule has 3 unspecified atom stereocenters. The zero-order chi connectivity index (χ0) is 19.0. The molecule has 0 radical (unpaired) electrons. The first kappa shape index (κ1) is 21.5. The number of hydrogen-bond acceptors (Lipinski definition) is 2. The zero-order valence-corrected chi connectivity index (χ0v) is 16.6. The van der Waals surface area contributed by atoms with Gasteiger partial charge in [-0.05, 0) is 42.2 Å². The first-order valence-electron chi connectivity index (χ1n) is 9.83. The van der Waals surface area contributed by atoms with Gasteiger partial charge in [0.05, 0.1) is 5.56 Å². The number of carbonyl (C=O) groups is 1. The number of rotatable bonds is 11. The molecule has 0 aromatic heterocycles. The van der Waals surface area contributed by atoms with E-state index in [1.54, 1.807) is 18.2 Å². The molecule has 0 bridgehead atoms. The van der Waals surface area contributed by atoms with E-state index in [-0.39, 0.29) is 17.2 Å². The van der Waals surface area contributed by atoms with E-state index in [4.69, 9.17) is 0 Å². The van der Waals surface area contributed by atoms with E-state index in [2.05, 4.69) is 34.6 Å². The number of carboxylic acid groups (broad SMARTS) is 1. The standard InChI is InChI=1S/C22H36O3/c1-6-16(4)9-7-10-17(5)18(14-13-15(2)3)21-19(22(24)25)11-8-12-20(21)23/h8,11-12,15-18,23H,6-7,9-10,13-14H2,1-5H3,(H,24,25). The van der Waals surface area contributed by atoms with E-state index in [1.807, 2.05) is 0 Å². The minimum absolute atomic E-state index is 0.0895. The van der Waals surface area contributed by atoms with Crippen LogP contribution in [0.1, 0.15) is 95.0 Å². The molecule has 0 saturated carbocycles. The van der Waals surface area contributed by atoms with E-state index in [9.17, 15) is 15.0 Å². The topological polar surface area (TPSA) is 57.5 Å². The monoisotopic (exact) mass is 348 g/mol. The third-order valence-electron chi connectivity index (χ3n) is 5.48. The van der Waals surface area contributed by atoms with E-state index >= 15 is 0 Å². The lowest BCUT2D eigenvalue weighted by Gasteiger charge is -2.27. The molecule has 0 aliphatic rings. The van der Waals surface area contributed by atoms with Gasteiger partial charge in [-0.2, -0.15) is 0 Å². The highest BCUT2D eigenvalue weighted by atomic mass is 16.4. The molecular weight excluding hydrogens is 312 g/mol. The highest BCUT2D eigenvalue weighted by Crippen LogP contribution is 2.40. The SMILES string of the molecule is CCC(C)CCCC(C)C(CCC(C)C)c1c(O)cccc1C(=O)O. The van der Waals surface area contributed by atoms with Gasteiger partial charge in [-0.1, -0.05) is 72.8 Å². The fourth-order valence-corrected chi connectivity index (χ4v) is 3.55. The molecule has 0 spiro atoms. The molecule has 25 heavy (non-hydrogen) atoms. The van der Waals surface area contributed by atoms with E-state index < -0.39 is 5.97 Å². The van der Waals surface area contributed by atoms with Gasteiger partial charge in [-0.3, -0.25) is 0 Å². The van der Waals surface area contributed by atoms with Crippen molar-refractivity contribution >= 4 is 5.97 Å². The van der Waals surface area contributed by atoms with Crippen LogP contribution in [0.25, 0.3) is 0 Å². The summed E-state index contributed by atoms with van der Waals surface area (Å²) in [4.78, 5) is 11.7. The molecule has 0 aliphatic carbocycles. The molecule has 0 aliphatic heterocycles. The number of aromatic hydroxyl groups is 1. The first-order chi connectivity index (χ1) is 11.8. The smallest absolute Gasteiger partial charge is 0.336 e. The molecule has 3 atom stereocenters. The molecule has 1 aromatic carbocycles. The van der Waals surface area contributed by atoms with Crippen LogP contribution in [0.3, 0.4) is 0 Å². The molecule has 3 nitrogen and oxygen atoms in total. The third-order valence-corrected chi connectivity index (χ3v) is 5.48. The van der Waals surface area contributed by atoms with Gasteiger partial charge in [0, 0.05) is 5.56 Å². The van der Waals surface area contributed by atoms with Crippen LogP contribution in [0.4, 0.5) is 0 Å². The minimum atomic E-state index is -0.952. The van der Waals surface area contributed by atoms with Crippen molar-refractivity contribution in [1.82, 2.24) is 0 Å². The fraction of sp³-hybridized carbons (Fsp3) is 0.682. The second kappa shape index (κ2) is 10.5. The Labute approximate surface area is 153 Å². The van der Waals surface area contributed by atoms with Gasteiger partial charge in [0.1, 0.15) is 5.75 Å². The highest BCUT2D eigenvalue weighted by Gasteiger charge is 2.27. The molecule has 1 rings (SSSR count). The summed E-state index contributed by atoms with van der Waals surface area (Å²) in [6.45, 7) is 11.1. The normalized spacial score (nSPS) is 15.1. The predicted molar refractivity (Wildman–Crippen MR) is 104 cm³/mol. The van der Waals surface area contributed by atoms with E-state index in [0.717, 1.165) is 31.6 Å². The van der Waals surface area contributed by atoms with Crippen LogP contribution in [-0.2, 0) is 0 Å². The molecule has 2 N–H and O–H groups in total. The van der Waals surface area contributed by atoms with Crippen molar-refractivity contribution in [2.75, 3.05) is 0 Å². The Bertz CT molecular complexity index is 536. The molecule has 0 fully saturated rings. The Morgan fingerprint density at radius 1 is 1.04 bits per heavy atom. The van der Waals surface area contributed by atoms with Gasteiger partial charge >= 0.3 is 5.97 Å². The van der Waals surface area contributed by atoms with Crippen molar-refractivity contribution < 1.29 is 15.0 Å². The summed E-state index contributed by atoms with van der Waals surface area (Å²) in [6.07, 6.45) is 6.59. The Hall–Kier alpha value is -1.51. The van der Waals surface area contributed by atoms with Crippen molar-refractivity contribution in [3.05, 3.63) is 29.3 Å². The summed E-state index contributed by atoms with van der Waals surface area (Å²) in [5, 5.41) is 20.0. The van der Waals surface area contributed by atoms with Crippen molar-refractivity contribution in [2.45, 2.75) is 79.1 Å². The summed E-state index contributed by atoms with van der Waals surface area (Å²) < 4.78 is 0. The number of hydrogen-bond donors (Lipinski definition) is 2. The highest BCUT2D eigenvalue weighted by molar-refractivity contribution is 5.90. The number of benzene rings is 1. The van der Waals surface area contributed by atoms with Crippen LogP contribution >= 0.6 is 0 Å². The maximum absolute atomic E-state index is 11.7. The lowest BCUT2D eigenvalue weighted by atomic mass is 9.77. The zero-order valence-electron chi connectivity index (χ0n) is 16.6. The van der Waals surface area contributed by atoms with Crippen molar-refractivity contribution in [2.24, 2.45) is 17.8 Å². The lowest BCUT2D eigenvalue weighted by Crippen LogP contribution is -2.16. The average molecular weight is 349 g/mol. The number of phenols is 1. The number of carboxylic acids is 1. The van der Waals surface area contributed by atoms with Crippen LogP contribution in [-0.4, -0.2) is 16.2 Å². The van der Waals surface area contributed by atoms with Crippen LogP contribution in [0.5, 0.6) is 5.75 Å². The average Bonchev–Trinajstić information content (AvgIpc) is 2.55. The fourth-order valence-electron chi connectivity index (χ4n) is 3.55. The Balaban J connectivity index is 3.02. The summed E-state index contributed by atoms with van der Waals surface area (Å²) >= 11 is 0. The Morgan fingerprint density at radius 2 is 1.72 bits per heavy atom. The van der Waals surface area contributed by atoms with Gasteiger partial charge in [-0.15, -0.1) is 0 Å². The van der Waals surface area contributed by atoms with Crippen LogP contribution < -0.4 is 0 Å². The first-order valence-corrected chi connectivity index (χ1v) is 9.83. The lowest BCUT2D eigenvalue weighted by molar-refractivity contribution is 0.0693. The molecule has 3 heteroatoms. The van der Waals surface area contributed by atoms with Crippen LogP contribution in [0, 0.1) is 17.8 Å². The molecular formula is C22H36O3. The van der Waals surface area contributed by atoms with Crippen molar-refractivity contribution in [1.29, 1.82) is 0 Å². The van der Waals surface area contributed by atoms with Crippen LogP contribution in [0.15, 0.2) is 18.2 Å². The maximum Gasteiger partial charge on any atom is 0.336 e. The molecule has 142 valence electrons.